The van der Waals surface area contributed by atoms with Crippen molar-refractivity contribution in [1.82, 2.24) is 4.57 Å². The maximum Gasteiger partial charge on any atom is 0.288 e. The van der Waals surface area contributed by atoms with E-state index in [9.17, 15) is 8.78 Å². The zero-order chi connectivity index (χ0) is 15.4. The Kier molecular flexibility index (Phi) is 5.28. The van der Waals surface area contributed by atoms with Gasteiger partial charge in [-0.2, -0.15) is 8.78 Å². The van der Waals surface area contributed by atoms with Crippen LogP contribution in [0, 0.1) is 13.8 Å². The van der Waals surface area contributed by atoms with Crippen LogP contribution in [0.5, 0.6) is 0 Å². The monoisotopic (exact) mass is 310 g/mol. The molecular formula is C16H20F2N2S. The van der Waals surface area contributed by atoms with Crippen molar-refractivity contribution in [3.63, 3.8) is 0 Å². The summed E-state index contributed by atoms with van der Waals surface area (Å²) in [7, 11) is 0. The lowest BCUT2D eigenvalue weighted by Gasteiger charge is -2.09. The van der Waals surface area contributed by atoms with Crippen molar-refractivity contribution in [2.45, 2.75) is 44.5 Å². The van der Waals surface area contributed by atoms with Crippen LogP contribution in [0.4, 0.5) is 14.5 Å². The van der Waals surface area contributed by atoms with Gasteiger partial charge in [0.2, 0.25) is 0 Å². The van der Waals surface area contributed by atoms with Gasteiger partial charge in [0.1, 0.15) is 0 Å². The summed E-state index contributed by atoms with van der Waals surface area (Å²) in [5.41, 5.74) is 4.73. The van der Waals surface area contributed by atoms with E-state index in [-0.39, 0.29) is 0 Å². The van der Waals surface area contributed by atoms with Crippen LogP contribution in [-0.4, -0.2) is 10.3 Å². The van der Waals surface area contributed by atoms with Crippen molar-refractivity contribution < 1.29 is 8.78 Å². The number of aromatic nitrogens is 1. The molecule has 0 saturated heterocycles. The van der Waals surface area contributed by atoms with Crippen LogP contribution in [0.1, 0.15) is 23.9 Å². The highest BCUT2D eigenvalue weighted by Gasteiger charge is 2.08. The van der Waals surface area contributed by atoms with E-state index in [4.69, 9.17) is 0 Å². The summed E-state index contributed by atoms with van der Waals surface area (Å²) in [5, 5.41) is 3.34. The van der Waals surface area contributed by atoms with Gasteiger partial charge < -0.3 is 9.88 Å². The Morgan fingerprint density at radius 3 is 2.38 bits per heavy atom. The number of halogens is 2. The van der Waals surface area contributed by atoms with Crippen molar-refractivity contribution in [1.29, 1.82) is 0 Å². The maximum atomic E-state index is 12.3. The van der Waals surface area contributed by atoms with Crippen LogP contribution in [0.2, 0.25) is 0 Å². The molecule has 0 amide bonds. The summed E-state index contributed by atoms with van der Waals surface area (Å²) >= 11 is 0.568. The Morgan fingerprint density at radius 1 is 1.19 bits per heavy atom. The summed E-state index contributed by atoms with van der Waals surface area (Å²) in [6, 6.07) is 9.29. The number of rotatable bonds is 6. The van der Waals surface area contributed by atoms with Gasteiger partial charge in [0.15, 0.2) is 0 Å². The zero-order valence-electron chi connectivity index (χ0n) is 12.5. The number of benzene rings is 1. The number of thioether (sulfide) groups is 1. The molecule has 0 aliphatic rings. The number of hydrogen-bond acceptors (Lipinski definition) is 2. The van der Waals surface area contributed by atoms with Crippen molar-refractivity contribution in [3.05, 3.63) is 47.3 Å². The first kappa shape index (κ1) is 15.9. The van der Waals surface area contributed by atoms with Gasteiger partial charge >= 0.3 is 0 Å². The van der Waals surface area contributed by atoms with Gasteiger partial charge in [-0.3, -0.25) is 0 Å². The highest BCUT2D eigenvalue weighted by molar-refractivity contribution is 7.99. The third-order valence-electron chi connectivity index (χ3n) is 3.56. The Bertz CT molecular complexity index is 591. The quantitative estimate of drug-likeness (QED) is 0.752. The lowest BCUT2D eigenvalue weighted by atomic mass is 10.2. The molecule has 5 heteroatoms. The minimum atomic E-state index is -2.37. The zero-order valence-corrected chi connectivity index (χ0v) is 13.3. The Balaban J connectivity index is 2.00. The molecule has 1 heterocycles. The van der Waals surface area contributed by atoms with E-state index in [0.717, 1.165) is 18.8 Å². The van der Waals surface area contributed by atoms with Crippen LogP contribution in [-0.2, 0) is 13.1 Å². The van der Waals surface area contributed by atoms with Crippen LogP contribution in [0.25, 0.3) is 0 Å². The fourth-order valence-electron chi connectivity index (χ4n) is 2.49. The SMILES string of the molecule is CCn1c(C)cc(CNc2ccc(SC(F)F)cc2)c1C. The summed E-state index contributed by atoms with van der Waals surface area (Å²) in [5.74, 6) is -2.37. The molecule has 2 nitrogen and oxygen atoms in total. The second-order valence-corrected chi connectivity index (χ2v) is 5.96. The number of nitrogens with zero attached hydrogens (tertiary/aromatic N) is 1. The van der Waals surface area contributed by atoms with Gasteiger partial charge in [0.25, 0.3) is 5.76 Å². The van der Waals surface area contributed by atoms with Crippen molar-refractivity contribution in [2.75, 3.05) is 5.32 Å². The summed E-state index contributed by atoms with van der Waals surface area (Å²) < 4.78 is 26.8. The number of anilines is 1. The van der Waals surface area contributed by atoms with E-state index in [1.54, 1.807) is 12.1 Å². The number of nitrogens with one attached hydrogen (secondary N) is 1. The lowest BCUT2D eigenvalue weighted by molar-refractivity contribution is 0.252. The highest BCUT2D eigenvalue weighted by atomic mass is 32.2. The molecule has 1 aromatic carbocycles. The predicted octanol–water partition coefficient (Wildman–Crippen LogP) is 5.05. The molecule has 0 fully saturated rings. The standard InChI is InChI=1S/C16H20F2N2S/c1-4-20-11(2)9-13(12(20)3)10-19-14-5-7-15(8-6-14)21-16(17)18/h5-9,16,19H,4,10H2,1-3H3. The number of alkyl halides is 2. The third kappa shape index (κ3) is 4.00. The smallest absolute Gasteiger partial charge is 0.288 e. The molecule has 0 atom stereocenters. The van der Waals surface area contributed by atoms with Gasteiger partial charge in [-0.05, 0) is 56.7 Å². The van der Waals surface area contributed by atoms with Crippen LogP contribution < -0.4 is 5.32 Å². The van der Waals surface area contributed by atoms with E-state index in [1.165, 1.54) is 17.0 Å². The molecule has 0 saturated carbocycles. The molecule has 2 aromatic rings. The van der Waals surface area contributed by atoms with Gasteiger partial charge in [0.05, 0.1) is 0 Å². The molecule has 1 aromatic heterocycles. The van der Waals surface area contributed by atoms with Gasteiger partial charge in [0, 0.05) is 35.1 Å². The fourth-order valence-corrected chi connectivity index (χ4v) is 2.99. The normalized spacial score (nSPS) is 11.1. The largest absolute Gasteiger partial charge is 0.381 e. The van der Waals surface area contributed by atoms with E-state index in [2.05, 4.69) is 36.7 Å². The predicted molar refractivity (Wildman–Crippen MR) is 85.2 cm³/mol. The van der Waals surface area contributed by atoms with Crippen LogP contribution in [0.15, 0.2) is 35.2 Å². The first-order valence-electron chi connectivity index (χ1n) is 6.95. The lowest BCUT2D eigenvalue weighted by Crippen LogP contribution is -2.03. The van der Waals surface area contributed by atoms with Gasteiger partial charge in [-0.1, -0.05) is 11.8 Å². The summed E-state index contributed by atoms with van der Waals surface area (Å²) in [6.07, 6.45) is 0. The molecular weight excluding hydrogens is 290 g/mol. The van der Waals surface area contributed by atoms with Gasteiger partial charge in [-0.25, -0.2) is 0 Å². The molecule has 21 heavy (non-hydrogen) atoms. The molecule has 0 aliphatic carbocycles. The average Bonchev–Trinajstić information content (AvgIpc) is 2.71. The summed E-state index contributed by atoms with van der Waals surface area (Å²) in [6.45, 7) is 8.07. The highest BCUT2D eigenvalue weighted by Crippen LogP contribution is 2.26. The molecule has 114 valence electrons. The fraction of sp³-hybridized carbons (Fsp3) is 0.375. The molecule has 0 aliphatic heterocycles. The Labute approximate surface area is 128 Å². The van der Waals surface area contributed by atoms with Crippen LogP contribution in [0.3, 0.4) is 0 Å². The Hall–Kier alpha value is -1.49. The van der Waals surface area contributed by atoms with E-state index in [0.29, 0.717) is 16.7 Å². The molecule has 0 unspecified atom stereocenters. The van der Waals surface area contributed by atoms with E-state index in [1.807, 2.05) is 12.1 Å². The summed E-state index contributed by atoms with van der Waals surface area (Å²) in [4.78, 5) is 0.583. The molecule has 1 N–H and O–H groups in total. The van der Waals surface area contributed by atoms with Gasteiger partial charge in [-0.15, -0.1) is 0 Å². The Morgan fingerprint density at radius 2 is 1.86 bits per heavy atom. The topological polar surface area (TPSA) is 17.0 Å². The van der Waals surface area contributed by atoms with Crippen molar-refractivity contribution >= 4 is 17.4 Å². The first-order chi connectivity index (χ1) is 10.0. The molecule has 0 radical (unpaired) electrons. The molecule has 0 spiro atoms. The van der Waals surface area contributed by atoms with E-state index >= 15 is 0 Å². The number of aryl methyl sites for hydroxylation is 1. The second kappa shape index (κ2) is 6.98. The molecule has 2 rings (SSSR count). The average molecular weight is 310 g/mol. The van der Waals surface area contributed by atoms with Crippen LogP contribution >= 0.6 is 11.8 Å². The minimum Gasteiger partial charge on any atom is -0.381 e. The molecule has 0 bridgehead atoms. The van der Waals surface area contributed by atoms with Crippen molar-refractivity contribution in [2.24, 2.45) is 0 Å². The van der Waals surface area contributed by atoms with Crippen molar-refractivity contribution in [3.8, 4) is 0 Å². The van der Waals surface area contributed by atoms with E-state index < -0.39 is 5.76 Å². The minimum absolute atomic E-state index is 0.568. The first-order valence-corrected chi connectivity index (χ1v) is 7.83. The second-order valence-electron chi connectivity index (χ2n) is 4.90. The maximum absolute atomic E-state index is 12.3. The number of hydrogen-bond donors (Lipinski definition) is 1. The third-order valence-corrected chi connectivity index (χ3v) is 4.28.